The van der Waals surface area contributed by atoms with Crippen LogP contribution in [0.25, 0.3) is 10.8 Å². The Hall–Kier alpha value is -3.24. The molecule has 2 aromatic carbocycles. The van der Waals surface area contributed by atoms with Gasteiger partial charge in [-0.2, -0.15) is 5.10 Å². The molecular weight excluding hydrogens is 396 g/mol. The Bertz CT molecular complexity index is 1200. The summed E-state index contributed by atoms with van der Waals surface area (Å²) in [6, 6.07) is 12.3. The van der Waals surface area contributed by atoms with Crippen molar-refractivity contribution in [1.82, 2.24) is 20.0 Å². The van der Waals surface area contributed by atoms with E-state index in [9.17, 15) is 18.0 Å². The summed E-state index contributed by atoms with van der Waals surface area (Å²) in [5.74, 6) is -0.245. The van der Waals surface area contributed by atoms with Gasteiger partial charge in [0.1, 0.15) is 5.75 Å². The number of hydrazine groups is 1. The lowest BCUT2D eigenvalue weighted by atomic mass is 10.1. The van der Waals surface area contributed by atoms with E-state index in [-0.39, 0.29) is 22.7 Å². The molecule has 9 nitrogen and oxygen atoms in total. The lowest BCUT2D eigenvalue weighted by Gasteiger charge is -2.11. The summed E-state index contributed by atoms with van der Waals surface area (Å²) in [7, 11) is -4.01. The van der Waals surface area contributed by atoms with E-state index >= 15 is 0 Å². The molecule has 0 aliphatic rings. The number of carbonyl (C=O) groups excluding carboxylic acids is 1. The molecule has 0 spiro atoms. The van der Waals surface area contributed by atoms with Crippen molar-refractivity contribution in [2.24, 2.45) is 0 Å². The first-order chi connectivity index (χ1) is 13.9. The van der Waals surface area contributed by atoms with Gasteiger partial charge in [-0.15, -0.1) is 4.83 Å². The van der Waals surface area contributed by atoms with Crippen molar-refractivity contribution in [3.63, 3.8) is 0 Å². The van der Waals surface area contributed by atoms with Crippen LogP contribution in [0.3, 0.4) is 0 Å². The highest BCUT2D eigenvalue weighted by Gasteiger charge is 2.19. The maximum absolute atomic E-state index is 12.6. The van der Waals surface area contributed by atoms with Gasteiger partial charge in [0, 0.05) is 11.9 Å². The molecule has 2 N–H and O–H groups in total. The van der Waals surface area contributed by atoms with E-state index in [1.807, 2.05) is 11.8 Å². The third-order valence-corrected chi connectivity index (χ3v) is 5.39. The summed E-state index contributed by atoms with van der Waals surface area (Å²) in [5.41, 5.74) is 1.77. The van der Waals surface area contributed by atoms with Crippen molar-refractivity contribution in [2.45, 2.75) is 25.3 Å². The molecule has 3 aromatic rings. The predicted octanol–water partition coefficient (Wildman–Crippen LogP) is 1.44. The van der Waals surface area contributed by atoms with Gasteiger partial charge < -0.3 is 4.74 Å². The Morgan fingerprint density at radius 2 is 1.72 bits per heavy atom. The van der Waals surface area contributed by atoms with Crippen molar-refractivity contribution in [3.8, 4) is 5.75 Å². The number of hydrogen-bond donors (Lipinski definition) is 2. The summed E-state index contributed by atoms with van der Waals surface area (Å²) in [5, 5.41) is 4.72. The molecule has 0 aliphatic carbocycles. The standard InChI is InChI=1S/C19H20N4O5S/c1-3-23-19(25)16-8-6-5-7-15(16)17(21-23)18(24)20-22-29(26,27)14-11-9-13(10-12-14)28-4-2/h5-12,22H,3-4H2,1-2H3,(H,20,24). The zero-order valence-corrected chi connectivity index (χ0v) is 16.7. The maximum Gasteiger partial charge on any atom is 0.287 e. The molecule has 29 heavy (non-hydrogen) atoms. The second-order valence-corrected chi connectivity index (χ2v) is 7.66. The van der Waals surface area contributed by atoms with Crippen LogP contribution in [0.4, 0.5) is 0 Å². The highest BCUT2D eigenvalue weighted by atomic mass is 32.2. The van der Waals surface area contributed by atoms with Gasteiger partial charge in [0.15, 0.2) is 5.69 Å². The number of aromatic nitrogens is 2. The molecule has 1 aromatic heterocycles. The molecule has 1 amide bonds. The minimum atomic E-state index is -4.01. The quantitative estimate of drug-likeness (QED) is 0.563. The molecule has 1 heterocycles. The molecule has 0 fully saturated rings. The molecule has 0 saturated carbocycles. The summed E-state index contributed by atoms with van der Waals surface area (Å²) in [6.45, 7) is 4.27. The second-order valence-electron chi connectivity index (χ2n) is 5.98. The number of nitrogens with zero attached hydrogens (tertiary/aromatic N) is 2. The predicted molar refractivity (Wildman–Crippen MR) is 107 cm³/mol. The number of carbonyl (C=O) groups is 1. The van der Waals surface area contributed by atoms with E-state index in [1.165, 1.54) is 24.3 Å². The van der Waals surface area contributed by atoms with Crippen molar-refractivity contribution < 1.29 is 17.9 Å². The topological polar surface area (TPSA) is 119 Å². The molecule has 0 aliphatic heterocycles. The van der Waals surface area contributed by atoms with Crippen LogP contribution in [0.2, 0.25) is 0 Å². The van der Waals surface area contributed by atoms with Gasteiger partial charge in [0.2, 0.25) is 0 Å². The Kier molecular flexibility index (Phi) is 5.95. The van der Waals surface area contributed by atoms with Crippen LogP contribution in [-0.2, 0) is 16.6 Å². The zero-order chi connectivity index (χ0) is 21.0. The zero-order valence-electron chi connectivity index (χ0n) is 15.9. The van der Waals surface area contributed by atoms with Crippen LogP contribution >= 0.6 is 0 Å². The smallest absolute Gasteiger partial charge is 0.287 e. The minimum Gasteiger partial charge on any atom is -0.494 e. The van der Waals surface area contributed by atoms with Crippen LogP contribution in [0, 0.1) is 0 Å². The fraction of sp³-hybridized carbons (Fsp3) is 0.211. The Balaban J connectivity index is 1.85. The van der Waals surface area contributed by atoms with E-state index in [2.05, 4.69) is 10.5 Å². The van der Waals surface area contributed by atoms with Crippen molar-refractivity contribution in [3.05, 3.63) is 64.6 Å². The molecule has 10 heteroatoms. The number of rotatable bonds is 7. The number of ether oxygens (including phenoxy) is 1. The number of fused-ring (bicyclic) bond motifs is 1. The largest absolute Gasteiger partial charge is 0.494 e. The number of aryl methyl sites for hydroxylation is 1. The van der Waals surface area contributed by atoms with Crippen LogP contribution < -0.4 is 20.6 Å². The normalized spacial score (nSPS) is 11.4. The van der Waals surface area contributed by atoms with Gasteiger partial charge in [-0.05, 0) is 44.2 Å². The maximum atomic E-state index is 12.6. The number of amides is 1. The molecule has 0 atom stereocenters. The average molecular weight is 416 g/mol. The van der Waals surface area contributed by atoms with E-state index in [0.29, 0.717) is 23.1 Å². The molecule has 3 rings (SSSR count). The molecule has 0 radical (unpaired) electrons. The molecule has 0 saturated heterocycles. The SMILES string of the molecule is CCOc1ccc(S(=O)(=O)NNC(=O)c2nn(CC)c(=O)c3ccccc23)cc1. The summed E-state index contributed by atoms with van der Waals surface area (Å²) >= 11 is 0. The number of sulfonamides is 1. The molecular formula is C19H20N4O5S. The van der Waals surface area contributed by atoms with Gasteiger partial charge in [-0.1, -0.05) is 18.2 Å². The number of hydrogen-bond acceptors (Lipinski definition) is 6. The second kappa shape index (κ2) is 8.41. The fourth-order valence-electron chi connectivity index (χ4n) is 2.73. The van der Waals surface area contributed by atoms with Crippen molar-refractivity contribution >= 4 is 26.7 Å². The Morgan fingerprint density at radius 1 is 1.07 bits per heavy atom. The van der Waals surface area contributed by atoms with Gasteiger partial charge >= 0.3 is 0 Å². The van der Waals surface area contributed by atoms with E-state index < -0.39 is 15.9 Å². The molecule has 152 valence electrons. The lowest BCUT2D eigenvalue weighted by molar-refractivity contribution is 0.0939. The van der Waals surface area contributed by atoms with Crippen molar-refractivity contribution in [1.29, 1.82) is 0 Å². The Labute approximate surface area is 167 Å². The monoisotopic (exact) mass is 416 g/mol. The highest BCUT2D eigenvalue weighted by Crippen LogP contribution is 2.16. The lowest BCUT2D eigenvalue weighted by Crippen LogP contribution is -2.42. The first kappa shape index (κ1) is 20.5. The van der Waals surface area contributed by atoms with Gasteiger partial charge in [-0.3, -0.25) is 15.0 Å². The van der Waals surface area contributed by atoms with E-state index in [4.69, 9.17) is 4.74 Å². The molecule has 0 unspecified atom stereocenters. The van der Waals surface area contributed by atoms with E-state index in [0.717, 1.165) is 4.68 Å². The first-order valence-electron chi connectivity index (χ1n) is 8.92. The summed E-state index contributed by atoms with van der Waals surface area (Å²) in [6.07, 6.45) is 0. The van der Waals surface area contributed by atoms with Crippen LogP contribution in [0.15, 0.2) is 58.2 Å². The number of benzene rings is 2. The highest BCUT2D eigenvalue weighted by molar-refractivity contribution is 7.89. The average Bonchev–Trinajstić information content (AvgIpc) is 2.73. The van der Waals surface area contributed by atoms with Gasteiger partial charge in [0.05, 0.1) is 16.9 Å². The molecule has 0 bridgehead atoms. The third kappa shape index (κ3) is 4.28. The first-order valence-corrected chi connectivity index (χ1v) is 10.4. The van der Waals surface area contributed by atoms with Crippen molar-refractivity contribution in [2.75, 3.05) is 6.61 Å². The van der Waals surface area contributed by atoms with Crippen LogP contribution in [-0.4, -0.2) is 30.7 Å². The van der Waals surface area contributed by atoms with Gasteiger partial charge in [-0.25, -0.2) is 13.1 Å². The summed E-state index contributed by atoms with van der Waals surface area (Å²) < 4.78 is 31.3. The Morgan fingerprint density at radius 3 is 2.34 bits per heavy atom. The third-order valence-electron chi connectivity index (χ3n) is 4.13. The van der Waals surface area contributed by atoms with Gasteiger partial charge in [0.25, 0.3) is 21.5 Å². The van der Waals surface area contributed by atoms with Crippen LogP contribution in [0.1, 0.15) is 24.3 Å². The fourth-order valence-corrected chi connectivity index (χ4v) is 3.57. The number of nitrogens with one attached hydrogen (secondary N) is 2. The minimum absolute atomic E-state index is 0.0439. The van der Waals surface area contributed by atoms with Crippen LogP contribution in [0.5, 0.6) is 5.75 Å². The van der Waals surface area contributed by atoms with E-state index in [1.54, 1.807) is 31.2 Å². The summed E-state index contributed by atoms with van der Waals surface area (Å²) in [4.78, 5) is 27.0.